The Balaban J connectivity index is 4.68. The molecule has 15 heavy (non-hydrogen) atoms. The van der Waals surface area contributed by atoms with Gasteiger partial charge in [0.2, 0.25) is 0 Å². The number of carbonyl (C=O) groups is 1. The van der Waals surface area contributed by atoms with E-state index in [-0.39, 0.29) is 6.42 Å². The molecule has 0 aliphatic carbocycles. The van der Waals surface area contributed by atoms with Crippen LogP contribution in [0.25, 0.3) is 0 Å². The Hall–Kier alpha value is -1.81. The molecule has 0 aromatic heterocycles. The van der Waals surface area contributed by atoms with E-state index in [4.69, 9.17) is 15.6 Å². The van der Waals surface area contributed by atoms with Crippen molar-refractivity contribution in [2.24, 2.45) is 5.92 Å². The summed E-state index contributed by atoms with van der Waals surface area (Å²) in [4.78, 5) is 10.9. The summed E-state index contributed by atoms with van der Waals surface area (Å²) in [6.45, 7) is 1.78. The number of allylic oxidation sites excluding steroid dienone is 1. The van der Waals surface area contributed by atoms with Gasteiger partial charge in [0.1, 0.15) is 0 Å². The van der Waals surface area contributed by atoms with Crippen LogP contribution in [0.1, 0.15) is 32.6 Å². The molecule has 0 bridgehead atoms. The minimum atomic E-state index is -0.889. The molecule has 1 atom stereocenters. The average Bonchev–Trinajstić information content (AvgIpc) is 2.21. The Morgan fingerprint density at radius 3 is 2.53 bits per heavy atom. The van der Waals surface area contributed by atoms with E-state index in [1.807, 2.05) is 12.1 Å². The van der Waals surface area contributed by atoms with Crippen LogP contribution in [0.4, 0.5) is 0 Å². The fraction of sp³-hybridized carbons (Fsp3) is 0.545. The number of carboxylic acid groups (broad SMARTS) is 1. The number of aliphatic carboxylic acids is 1. The molecule has 0 fully saturated rings. The van der Waals surface area contributed by atoms with E-state index in [9.17, 15) is 4.79 Å². The number of carboxylic acids is 1. The van der Waals surface area contributed by atoms with E-state index in [2.05, 4.69) is 0 Å². The van der Waals surface area contributed by atoms with Gasteiger partial charge >= 0.3 is 5.97 Å². The molecule has 4 heteroatoms. The van der Waals surface area contributed by atoms with Gasteiger partial charge in [0.05, 0.1) is 24.5 Å². The van der Waals surface area contributed by atoms with Crippen LogP contribution in [0.15, 0.2) is 11.6 Å². The predicted molar refractivity (Wildman–Crippen MR) is 54.6 cm³/mol. The van der Waals surface area contributed by atoms with Gasteiger partial charge in [-0.25, -0.2) is 0 Å². The molecule has 0 saturated heterocycles. The van der Waals surface area contributed by atoms with Crippen LogP contribution in [0.2, 0.25) is 0 Å². The molecule has 0 unspecified atom stereocenters. The number of hydrogen-bond donors (Lipinski definition) is 1. The van der Waals surface area contributed by atoms with E-state index >= 15 is 0 Å². The molecule has 0 amide bonds. The van der Waals surface area contributed by atoms with Crippen molar-refractivity contribution in [3.05, 3.63) is 11.6 Å². The molecule has 0 saturated carbocycles. The first-order chi connectivity index (χ1) is 7.17. The zero-order valence-electron chi connectivity index (χ0n) is 8.73. The Labute approximate surface area is 89.4 Å². The van der Waals surface area contributed by atoms with Crippen LogP contribution in [-0.4, -0.2) is 11.1 Å². The average molecular weight is 206 g/mol. The van der Waals surface area contributed by atoms with Crippen LogP contribution in [0.5, 0.6) is 0 Å². The number of nitriles is 2. The third-order valence-electron chi connectivity index (χ3n) is 2.13. The summed E-state index contributed by atoms with van der Waals surface area (Å²) in [5.74, 6) is -1.45. The molecule has 0 aromatic carbocycles. The monoisotopic (exact) mass is 206 g/mol. The normalized spacial score (nSPS) is 12.6. The predicted octanol–water partition coefficient (Wildman–Crippen LogP) is 2.24. The summed E-state index contributed by atoms with van der Waals surface area (Å²) in [6, 6.07) is 3.92. The lowest BCUT2D eigenvalue weighted by Crippen LogP contribution is -2.15. The highest BCUT2D eigenvalue weighted by Crippen LogP contribution is 2.20. The van der Waals surface area contributed by atoms with Gasteiger partial charge in [0.15, 0.2) is 0 Å². The van der Waals surface area contributed by atoms with Crippen LogP contribution < -0.4 is 0 Å². The Bertz CT molecular complexity index is 320. The first kappa shape index (κ1) is 13.2. The molecular formula is C11H14N2O2. The summed E-state index contributed by atoms with van der Waals surface area (Å²) in [6.07, 6.45) is 3.03. The Morgan fingerprint density at radius 2 is 2.13 bits per heavy atom. The topological polar surface area (TPSA) is 84.9 Å². The quantitative estimate of drug-likeness (QED) is 0.675. The lowest BCUT2D eigenvalue weighted by atomic mass is 9.92. The number of rotatable bonds is 6. The van der Waals surface area contributed by atoms with Gasteiger partial charge in [-0.05, 0) is 12.8 Å². The summed E-state index contributed by atoms with van der Waals surface area (Å²) in [7, 11) is 0. The standard InChI is InChI=1S/C11H14N2O2/c1-2-10(11(14)15)9(5-3-7-12)6-4-8-13/h5,10H,2-4,6H2,1H3,(H,14,15)/b9-5-/t10-/m1/s1. The third-order valence-corrected chi connectivity index (χ3v) is 2.13. The SMILES string of the molecule is CC[C@@H](C(=O)O)/C(=C\CC#N)CCC#N. The van der Waals surface area contributed by atoms with Crippen molar-refractivity contribution in [1.29, 1.82) is 10.5 Å². The van der Waals surface area contributed by atoms with Crippen molar-refractivity contribution in [3.8, 4) is 12.1 Å². The molecule has 0 radical (unpaired) electrons. The summed E-state index contributed by atoms with van der Waals surface area (Å²) >= 11 is 0. The maximum atomic E-state index is 10.9. The van der Waals surface area contributed by atoms with Crippen LogP contribution in [0, 0.1) is 28.6 Å². The van der Waals surface area contributed by atoms with E-state index in [0.717, 1.165) is 0 Å². The van der Waals surface area contributed by atoms with Gasteiger partial charge in [-0.3, -0.25) is 4.79 Å². The smallest absolute Gasteiger partial charge is 0.310 e. The fourth-order valence-corrected chi connectivity index (χ4v) is 1.39. The van der Waals surface area contributed by atoms with Crippen LogP contribution in [-0.2, 0) is 4.79 Å². The summed E-state index contributed by atoms with van der Waals surface area (Å²) in [5, 5.41) is 25.8. The van der Waals surface area contributed by atoms with E-state index < -0.39 is 11.9 Å². The van der Waals surface area contributed by atoms with E-state index in [1.54, 1.807) is 13.0 Å². The molecule has 1 N–H and O–H groups in total. The molecular weight excluding hydrogens is 192 g/mol. The molecule has 4 nitrogen and oxygen atoms in total. The lowest BCUT2D eigenvalue weighted by molar-refractivity contribution is -0.140. The first-order valence-electron chi connectivity index (χ1n) is 4.83. The van der Waals surface area contributed by atoms with Gasteiger partial charge in [0, 0.05) is 6.42 Å². The van der Waals surface area contributed by atoms with Crippen LogP contribution >= 0.6 is 0 Å². The van der Waals surface area contributed by atoms with Crippen LogP contribution in [0.3, 0.4) is 0 Å². The fourth-order valence-electron chi connectivity index (χ4n) is 1.39. The highest BCUT2D eigenvalue weighted by molar-refractivity contribution is 5.73. The van der Waals surface area contributed by atoms with Crippen molar-refractivity contribution in [2.45, 2.75) is 32.6 Å². The summed E-state index contributed by atoms with van der Waals surface area (Å²) in [5.41, 5.74) is 0.688. The number of nitrogens with zero attached hydrogens (tertiary/aromatic N) is 2. The van der Waals surface area contributed by atoms with Crippen molar-refractivity contribution < 1.29 is 9.90 Å². The van der Waals surface area contributed by atoms with Crippen molar-refractivity contribution in [1.82, 2.24) is 0 Å². The second-order valence-corrected chi connectivity index (χ2v) is 3.10. The second-order valence-electron chi connectivity index (χ2n) is 3.10. The number of hydrogen-bond acceptors (Lipinski definition) is 3. The van der Waals surface area contributed by atoms with E-state index in [1.165, 1.54) is 0 Å². The minimum absolute atomic E-state index is 0.199. The summed E-state index contributed by atoms with van der Waals surface area (Å²) < 4.78 is 0. The minimum Gasteiger partial charge on any atom is -0.481 e. The van der Waals surface area contributed by atoms with Crippen molar-refractivity contribution >= 4 is 5.97 Å². The maximum absolute atomic E-state index is 10.9. The van der Waals surface area contributed by atoms with Gasteiger partial charge in [-0.1, -0.05) is 18.6 Å². The van der Waals surface area contributed by atoms with Crippen molar-refractivity contribution in [2.75, 3.05) is 0 Å². The third kappa shape index (κ3) is 4.83. The largest absolute Gasteiger partial charge is 0.481 e. The molecule has 0 aliphatic rings. The molecule has 0 rings (SSSR count). The highest BCUT2D eigenvalue weighted by Gasteiger charge is 2.19. The zero-order valence-corrected chi connectivity index (χ0v) is 8.73. The Morgan fingerprint density at radius 1 is 1.47 bits per heavy atom. The van der Waals surface area contributed by atoms with E-state index in [0.29, 0.717) is 24.8 Å². The van der Waals surface area contributed by atoms with Gasteiger partial charge in [-0.15, -0.1) is 0 Å². The molecule has 0 heterocycles. The van der Waals surface area contributed by atoms with Gasteiger partial charge in [0.25, 0.3) is 0 Å². The van der Waals surface area contributed by atoms with Crippen molar-refractivity contribution in [3.63, 3.8) is 0 Å². The molecule has 0 aromatic rings. The van der Waals surface area contributed by atoms with Gasteiger partial charge in [-0.2, -0.15) is 10.5 Å². The molecule has 0 aliphatic heterocycles. The first-order valence-corrected chi connectivity index (χ1v) is 4.83. The molecule has 0 spiro atoms. The molecule has 80 valence electrons. The Kier molecular flexibility index (Phi) is 6.67. The lowest BCUT2D eigenvalue weighted by Gasteiger charge is -2.13. The van der Waals surface area contributed by atoms with Gasteiger partial charge < -0.3 is 5.11 Å². The maximum Gasteiger partial charge on any atom is 0.310 e. The zero-order chi connectivity index (χ0) is 11.7. The highest BCUT2D eigenvalue weighted by atomic mass is 16.4. The second kappa shape index (κ2) is 7.58.